The second kappa shape index (κ2) is 14.7. The van der Waals surface area contributed by atoms with E-state index in [1.165, 1.54) is 11.8 Å². The molecule has 2 atom stereocenters. The van der Waals surface area contributed by atoms with Crippen molar-refractivity contribution in [3.63, 3.8) is 0 Å². The van der Waals surface area contributed by atoms with E-state index in [1.54, 1.807) is 23.1 Å². The van der Waals surface area contributed by atoms with E-state index < -0.39 is 6.04 Å². The molecule has 196 valence electrons. The third kappa shape index (κ3) is 9.26. The van der Waals surface area contributed by atoms with Gasteiger partial charge in [0.15, 0.2) is 0 Å². The Morgan fingerprint density at radius 2 is 1.59 bits per heavy atom. The summed E-state index contributed by atoms with van der Waals surface area (Å²) in [5.74, 6) is 0.556. The summed E-state index contributed by atoms with van der Waals surface area (Å²) >= 11 is 20.1. The third-order valence-corrected chi connectivity index (χ3v) is 7.86. The number of rotatable bonds is 12. The zero-order chi connectivity index (χ0) is 26.8. The normalized spacial score (nSPS) is 12.6. The molecular weight excluding hydrogens is 547 g/mol. The number of nitrogens with zero attached hydrogens (tertiary/aromatic N) is 1. The number of benzene rings is 3. The third-order valence-electron chi connectivity index (χ3n) is 6.04. The fraction of sp³-hybridized carbons (Fsp3) is 0.310. The summed E-state index contributed by atoms with van der Waals surface area (Å²) in [5.41, 5.74) is 2.78. The molecule has 37 heavy (non-hydrogen) atoms. The summed E-state index contributed by atoms with van der Waals surface area (Å²) < 4.78 is 0. The van der Waals surface area contributed by atoms with Gasteiger partial charge in [-0.2, -0.15) is 0 Å². The van der Waals surface area contributed by atoms with Crippen molar-refractivity contribution < 1.29 is 9.59 Å². The Hall–Kier alpha value is -2.18. The molecule has 0 aliphatic rings. The number of thioether (sulfide) groups is 1. The Kier molecular flexibility index (Phi) is 11.7. The Balaban J connectivity index is 1.88. The summed E-state index contributed by atoms with van der Waals surface area (Å²) in [6, 6.07) is 21.8. The van der Waals surface area contributed by atoms with Crippen LogP contribution in [0.5, 0.6) is 0 Å². The lowest BCUT2D eigenvalue weighted by atomic mass is 10.0. The first-order valence-electron chi connectivity index (χ1n) is 12.2. The molecule has 0 saturated heterocycles. The molecule has 8 heteroatoms. The average molecular weight is 578 g/mol. The number of halogens is 3. The fourth-order valence-electron chi connectivity index (χ4n) is 3.75. The smallest absolute Gasteiger partial charge is 0.243 e. The van der Waals surface area contributed by atoms with Crippen LogP contribution in [0.4, 0.5) is 0 Å². The molecule has 0 radical (unpaired) electrons. The molecule has 0 spiro atoms. The molecule has 0 fully saturated rings. The van der Waals surface area contributed by atoms with Crippen LogP contribution in [0.25, 0.3) is 0 Å². The fourth-order valence-corrected chi connectivity index (χ4v) is 5.21. The zero-order valence-corrected chi connectivity index (χ0v) is 24.0. The second-order valence-corrected chi connectivity index (χ2v) is 11.2. The maximum absolute atomic E-state index is 13.7. The summed E-state index contributed by atoms with van der Waals surface area (Å²) in [6.45, 7) is 4.17. The highest BCUT2D eigenvalue weighted by molar-refractivity contribution is 7.99. The van der Waals surface area contributed by atoms with Crippen LogP contribution in [-0.4, -0.2) is 34.6 Å². The molecule has 3 aromatic carbocycles. The van der Waals surface area contributed by atoms with Gasteiger partial charge in [0.05, 0.1) is 5.75 Å². The number of amides is 2. The Morgan fingerprint density at radius 3 is 2.24 bits per heavy atom. The lowest BCUT2D eigenvalue weighted by Gasteiger charge is -2.32. The maximum atomic E-state index is 13.7. The zero-order valence-electron chi connectivity index (χ0n) is 20.9. The molecule has 0 bridgehead atoms. The van der Waals surface area contributed by atoms with Crippen molar-refractivity contribution in [2.75, 3.05) is 5.75 Å². The Morgan fingerprint density at radius 1 is 0.919 bits per heavy atom. The van der Waals surface area contributed by atoms with Crippen molar-refractivity contribution in [2.45, 2.75) is 51.1 Å². The molecule has 0 unspecified atom stereocenters. The van der Waals surface area contributed by atoms with Crippen LogP contribution in [0.1, 0.15) is 37.0 Å². The molecular formula is C29H31Cl3N2O2S. The first-order valence-corrected chi connectivity index (χ1v) is 14.5. The van der Waals surface area contributed by atoms with Gasteiger partial charge in [-0.05, 0) is 54.3 Å². The number of nitrogens with one attached hydrogen (secondary N) is 1. The molecule has 1 N–H and O–H groups in total. The van der Waals surface area contributed by atoms with Crippen molar-refractivity contribution >= 4 is 58.4 Å². The van der Waals surface area contributed by atoms with Gasteiger partial charge in [-0.1, -0.05) is 90.3 Å². The van der Waals surface area contributed by atoms with Gasteiger partial charge in [0.1, 0.15) is 6.04 Å². The van der Waals surface area contributed by atoms with E-state index in [-0.39, 0.29) is 30.2 Å². The minimum Gasteiger partial charge on any atom is -0.352 e. The first-order chi connectivity index (χ1) is 17.8. The van der Waals surface area contributed by atoms with Crippen LogP contribution >= 0.6 is 46.6 Å². The predicted molar refractivity (Wildman–Crippen MR) is 156 cm³/mol. The van der Waals surface area contributed by atoms with Crippen LogP contribution in [-0.2, 0) is 28.3 Å². The van der Waals surface area contributed by atoms with E-state index in [1.807, 2.05) is 68.4 Å². The van der Waals surface area contributed by atoms with Crippen LogP contribution in [0.15, 0.2) is 72.8 Å². The number of carbonyl (C=O) groups excluding carboxylic acids is 2. The quantitative estimate of drug-likeness (QED) is 0.243. The molecule has 0 aromatic heterocycles. The van der Waals surface area contributed by atoms with Gasteiger partial charge in [0, 0.05) is 39.8 Å². The van der Waals surface area contributed by atoms with Gasteiger partial charge in [0.2, 0.25) is 11.8 Å². The monoisotopic (exact) mass is 576 g/mol. The SMILES string of the molecule is CC[C@@H](C)NC(=O)[C@H](Cc1ccccc1)N(Cc1ccc(Cl)cc1Cl)C(=O)CSCc1ccc(Cl)cc1. The van der Waals surface area contributed by atoms with Crippen LogP contribution in [0.2, 0.25) is 15.1 Å². The van der Waals surface area contributed by atoms with Gasteiger partial charge >= 0.3 is 0 Å². The molecule has 4 nitrogen and oxygen atoms in total. The summed E-state index contributed by atoms with van der Waals surface area (Å²) in [4.78, 5) is 28.9. The Labute approximate surface area is 238 Å². The van der Waals surface area contributed by atoms with E-state index in [2.05, 4.69) is 5.32 Å². The van der Waals surface area contributed by atoms with Crippen LogP contribution in [0.3, 0.4) is 0 Å². The Bertz CT molecular complexity index is 1180. The van der Waals surface area contributed by atoms with E-state index in [4.69, 9.17) is 34.8 Å². The number of hydrogen-bond donors (Lipinski definition) is 1. The molecule has 3 rings (SSSR count). The van der Waals surface area contributed by atoms with Gasteiger partial charge in [-0.3, -0.25) is 9.59 Å². The van der Waals surface area contributed by atoms with Crippen molar-refractivity contribution in [1.82, 2.24) is 10.2 Å². The molecule has 3 aromatic rings. The summed E-state index contributed by atoms with van der Waals surface area (Å²) in [6.07, 6.45) is 1.18. The van der Waals surface area contributed by atoms with Crippen molar-refractivity contribution in [1.29, 1.82) is 0 Å². The van der Waals surface area contributed by atoms with E-state index in [9.17, 15) is 9.59 Å². The lowest BCUT2D eigenvalue weighted by molar-refractivity contribution is -0.139. The van der Waals surface area contributed by atoms with Gasteiger partial charge < -0.3 is 10.2 Å². The van der Waals surface area contributed by atoms with E-state index in [0.29, 0.717) is 27.2 Å². The second-order valence-electron chi connectivity index (χ2n) is 8.90. The van der Waals surface area contributed by atoms with Crippen LogP contribution in [0, 0.1) is 0 Å². The van der Waals surface area contributed by atoms with Gasteiger partial charge in [-0.25, -0.2) is 0 Å². The highest BCUT2D eigenvalue weighted by Crippen LogP contribution is 2.25. The predicted octanol–water partition coefficient (Wildman–Crippen LogP) is 7.43. The largest absolute Gasteiger partial charge is 0.352 e. The van der Waals surface area contributed by atoms with E-state index >= 15 is 0 Å². The van der Waals surface area contributed by atoms with Crippen molar-refractivity contribution in [3.8, 4) is 0 Å². The van der Waals surface area contributed by atoms with E-state index in [0.717, 1.165) is 23.1 Å². The number of carbonyl (C=O) groups is 2. The average Bonchev–Trinajstić information content (AvgIpc) is 2.88. The molecule has 2 amide bonds. The standard InChI is InChI=1S/C29H31Cl3N2O2S/c1-3-20(2)33-29(36)27(15-21-7-5-4-6-8-21)34(17-23-11-14-25(31)16-26(23)32)28(35)19-37-18-22-9-12-24(30)13-10-22/h4-14,16,20,27H,3,15,17-19H2,1-2H3,(H,33,36)/t20-,27+/m1/s1. The summed E-state index contributed by atoms with van der Waals surface area (Å²) in [7, 11) is 0. The van der Waals surface area contributed by atoms with Crippen LogP contribution < -0.4 is 5.32 Å². The topological polar surface area (TPSA) is 49.4 Å². The van der Waals surface area contributed by atoms with Gasteiger partial charge in [-0.15, -0.1) is 11.8 Å². The molecule has 0 saturated carbocycles. The number of hydrogen-bond acceptors (Lipinski definition) is 3. The van der Waals surface area contributed by atoms with Crippen molar-refractivity contribution in [2.24, 2.45) is 0 Å². The lowest BCUT2D eigenvalue weighted by Crippen LogP contribution is -2.52. The minimum atomic E-state index is -0.702. The molecule has 0 aliphatic heterocycles. The highest BCUT2D eigenvalue weighted by Gasteiger charge is 2.31. The summed E-state index contributed by atoms with van der Waals surface area (Å²) in [5, 5.41) is 4.72. The molecule has 0 aliphatic carbocycles. The van der Waals surface area contributed by atoms with Crippen molar-refractivity contribution in [3.05, 3.63) is 105 Å². The first kappa shape index (κ1) is 29.4. The highest BCUT2D eigenvalue weighted by atomic mass is 35.5. The van der Waals surface area contributed by atoms with Gasteiger partial charge in [0.25, 0.3) is 0 Å². The maximum Gasteiger partial charge on any atom is 0.243 e. The molecule has 0 heterocycles. The minimum absolute atomic E-state index is 0.0128.